The lowest BCUT2D eigenvalue weighted by molar-refractivity contribution is 0.386. The Morgan fingerprint density at radius 1 is 1.24 bits per heavy atom. The minimum Gasteiger partial charge on any atom is -0.494 e. The number of halogens is 3. The van der Waals surface area contributed by atoms with E-state index in [2.05, 4.69) is 4.98 Å². The molecule has 6 heteroatoms. The van der Waals surface area contributed by atoms with Gasteiger partial charge in [-0.3, -0.25) is 4.57 Å². The van der Waals surface area contributed by atoms with Gasteiger partial charge in [0.25, 0.3) is 0 Å². The van der Waals surface area contributed by atoms with Gasteiger partial charge in [0.2, 0.25) is 0 Å². The Bertz CT molecular complexity index is 817. The third kappa shape index (κ3) is 2.45. The van der Waals surface area contributed by atoms with Crippen LogP contribution >= 0.6 is 23.2 Å². The molecule has 108 valence electrons. The van der Waals surface area contributed by atoms with Crippen LogP contribution in [0.5, 0.6) is 5.75 Å². The lowest BCUT2D eigenvalue weighted by Gasteiger charge is -2.10. The van der Waals surface area contributed by atoms with Gasteiger partial charge in [-0.25, -0.2) is 9.37 Å². The van der Waals surface area contributed by atoms with Gasteiger partial charge in [-0.05, 0) is 30.3 Å². The topological polar surface area (TPSA) is 27.1 Å². The molecule has 0 unspecified atom stereocenters. The molecular weight excluding hydrogens is 314 g/mol. The van der Waals surface area contributed by atoms with E-state index in [0.717, 1.165) is 11.0 Å². The fourth-order valence-electron chi connectivity index (χ4n) is 2.27. The lowest BCUT2D eigenvalue weighted by atomic mass is 10.2. The zero-order valence-corrected chi connectivity index (χ0v) is 12.6. The van der Waals surface area contributed by atoms with Gasteiger partial charge in [0.1, 0.15) is 5.82 Å². The second-order valence-electron chi connectivity index (χ2n) is 4.45. The summed E-state index contributed by atoms with van der Waals surface area (Å²) in [5, 5.41) is 0.582. The average molecular weight is 325 g/mol. The van der Waals surface area contributed by atoms with Crippen molar-refractivity contribution in [3.8, 4) is 11.4 Å². The van der Waals surface area contributed by atoms with Crippen molar-refractivity contribution in [1.29, 1.82) is 0 Å². The van der Waals surface area contributed by atoms with Crippen molar-refractivity contribution in [2.75, 3.05) is 7.11 Å². The number of hydrogen-bond acceptors (Lipinski definition) is 2. The maximum absolute atomic E-state index is 13.9. The maximum Gasteiger partial charge on any atom is 0.167 e. The van der Waals surface area contributed by atoms with E-state index in [1.54, 1.807) is 28.8 Å². The second-order valence-corrected chi connectivity index (χ2v) is 5.15. The molecule has 1 aromatic heterocycles. The van der Waals surface area contributed by atoms with Crippen LogP contribution in [0.2, 0.25) is 5.02 Å². The van der Waals surface area contributed by atoms with Crippen LogP contribution in [-0.2, 0) is 5.88 Å². The molecule has 0 spiro atoms. The van der Waals surface area contributed by atoms with Crippen molar-refractivity contribution >= 4 is 34.2 Å². The number of hydrogen-bond donors (Lipinski definition) is 0. The molecule has 3 rings (SSSR count). The molecule has 0 bridgehead atoms. The Hall–Kier alpha value is -1.78. The number of ether oxygens (including phenoxy) is 1. The van der Waals surface area contributed by atoms with Crippen molar-refractivity contribution in [1.82, 2.24) is 9.55 Å². The molecule has 0 atom stereocenters. The molecule has 21 heavy (non-hydrogen) atoms. The summed E-state index contributed by atoms with van der Waals surface area (Å²) in [6.07, 6.45) is 0. The summed E-state index contributed by atoms with van der Waals surface area (Å²) in [7, 11) is 1.43. The molecule has 0 aliphatic heterocycles. The van der Waals surface area contributed by atoms with Crippen LogP contribution in [0.25, 0.3) is 16.7 Å². The predicted octanol–water partition coefficient (Wildman–Crippen LogP) is 4.57. The number of benzene rings is 2. The Balaban J connectivity index is 2.27. The van der Waals surface area contributed by atoms with Gasteiger partial charge in [-0.1, -0.05) is 11.6 Å². The third-order valence-electron chi connectivity index (χ3n) is 3.20. The molecule has 0 saturated carbocycles. The number of fused-ring (bicyclic) bond motifs is 1. The van der Waals surface area contributed by atoms with Crippen molar-refractivity contribution in [2.24, 2.45) is 0 Å². The Labute approximate surface area is 130 Å². The summed E-state index contributed by atoms with van der Waals surface area (Å²) in [6.45, 7) is 0. The summed E-state index contributed by atoms with van der Waals surface area (Å²) in [5.74, 6) is 0.575. The molecule has 0 fully saturated rings. The van der Waals surface area contributed by atoms with Crippen LogP contribution in [0.1, 0.15) is 5.82 Å². The molecule has 2 aromatic carbocycles. The highest BCUT2D eigenvalue weighted by atomic mass is 35.5. The zero-order chi connectivity index (χ0) is 15.0. The van der Waals surface area contributed by atoms with Gasteiger partial charge in [0.05, 0.1) is 29.7 Å². The van der Waals surface area contributed by atoms with Gasteiger partial charge in [-0.2, -0.15) is 0 Å². The van der Waals surface area contributed by atoms with Crippen molar-refractivity contribution in [3.63, 3.8) is 0 Å². The molecule has 0 aliphatic carbocycles. The summed E-state index contributed by atoms with van der Waals surface area (Å²) in [4.78, 5) is 4.44. The van der Waals surface area contributed by atoms with E-state index >= 15 is 0 Å². The summed E-state index contributed by atoms with van der Waals surface area (Å²) in [6, 6.07) is 10.1. The molecule has 1 heterocycles. The monoisotopic (exact) mass is 324 g/mol. The number of rotatable bonds is 3. The highest BCUT2D eigenvalue weighted by Gasteiger charge is 2.14. The highest BCUT2D eigenvalue weighted by molar-refractivity contribution is 6.31. The molecule has 0 radical (unpaired) electrons. The fourth-order valence-corrected chi connectivity index (χ4v) is 2.62. The first kappa shape index (κ1) is 14.2. The zero-order valence-electron chi connectivity index (χ0n) is 11.1. The van der Waals surface area contributed by atoms with Gasteiger partial charge in [-0.15, -0.1) is 11.6 Å². The smallest absolute Gasteiger partial charge is 0.167 e. The van der Waals surface area contributed by atoms with Crippen LogP contribution in [0.3, 0.4) is 0 Å². The number of nitrogens with zero attached hydrogens (tertiary/aromatic N) is 2. The van der Waals surface area contributed by atoms with Gasteiger partial charge < -0.3 is 4.74 Å². The average Bonchev–Trinajstić information content (AvgIpc) is 2.84. The molecular formula is C15H11Cl2FN2O. The van der Waals surface area contributed by atoms with Gasteiger partial charge >= 0.3 is 0 Å². The largest absolute Gasteiger partial charge is 0.494 e. The maximum atomic E-state index is 13.9. The van der Waals surface area contributed by atoms with E-state index in [4.69, 9.17) is 27.9 Å². The lowest BCUT2D eigenvalue weighted by Crippen LogP contribution is -2.00. The van der Waals surface area contributed by atoms with E-state index in [-0.39, 0.29) is 11.6 Å². The summed E-state index contributed by atoms with van der Waals surface area (Å²) >= 11 is 12.0. The number of imidazole rings is 1. The van der Waals surface area contributed by atoms with E-state index in [9.17, 15) is 4.39 Å². The minimum absolute atomic E-state index is 0.189. The van der Waals surface area contributed by atoms with Crippen molar-refractivity contribution < 1.29 is 9.13 Å². The van der Waals surface area contributed by atoms with E-state index in [1.807, 2.05) is 6.07 Å². The fraction of sp³-hybridized carbons (Fsp3) is 0.133. The van der Waals surface area contributed by atoms with Crippen molar-refractivity contribution in [2.45, 2.75) is 5.88 Å². The Kier molecular flexibility index (Phi) is 3.74. The number of alkyl halides is 1. The molecule has 3 aromatic rings. The first-order valence-electron chi connectivity index (χ1n) is 6.21. The minimum atomic E-state index is -0.445. The Morgan fingerprint density at radius 3 is 2.71 bits per heavy atom. The van der Waals surface area contributed by atoms with Crippen LogP contribution in [0, 0.1) is 5.82 Å². The van der Waals surface area contributed by atoms with Crippen molar-refractivity contribution in [3.05, 3.63) is 53.1 Å². The molecule has 0 aliphatic rings. The SMILES string of the molecule is COc1ccc(-n2c(CCl)nc3ccc(Cl)cc32)cc1F. The molecule has 3 nitrogen and oxygen atoms in total. The molecule has 0 N–H and O–H groups in total. The number of methoxy groups -OCH3 is 1. The summed E-state index contributed by atoms with van der Waals surface area (Å²) < 4.78 is 20.7. The van der Waals surface area contributed by atoms with Crippen LogP contribution < -0.4 is 4.74 Å². The quantitative estimate of drug-likeness (QED) is 0.660. The summed E-state index contributed by atoms with van der Waals surface area (Å²) in [5.41, 5.74) is 2.16. The normalized spacial score (nSPS) is 11.0. The standard InChI is InChI=1S/C15H11Cl2FN2O/c1-21-14-5-3-10(7-11(14)18)20-13-6-9(17)2-4-12(13)19-15(20)8-16/h2-7H,8H2,1H3. The van der Waals surface area contributed by atoms with E-state index in [1.165, 1.54) is 13.2 Å². The van der Waals surface area contributed by atoms with E-state index in [0.29, 0.717) is 16.5 Å². The second kappa shape index (κ2) is 5.54. The van der Waals surface area contributed by atoms with Gasteiger partial charge in [0, 0.05) is 11.1 Å². The molecule has 0 amide bonds. The number of aromatic nitrogens is 2. The third-order valence-corrected chi connectivity index (χ3v) is 3.67. The highest BCUT2D eigenvalue weighted by Crippen LogP contribution is 2.27. The van der Waals surface area contributed by atoms with E-state index < -0.39 is 5.82 Å². The van der Waals surface area contributed by atoms with Crippen LogP contribution in [0.4, 0.5) is 4.39 Å². The molecule has 0 saturated heterocycles. The van der Waals surface area contributed by atoms with Gasteiger partial charge in [0.15, 0.2) is 11.6 Å². The van der Waals surface area contributed by atoms with Crippen LogP contribution in [-0.4, -0.2) is 16.7 Å². The Morgan fingerprint density at radius 2 is 2.05 bits per heavy atom. The predicted molar refractivity (Wildman–Crippen MR) is 82.1 cm³/mol. The first-order valence-corrected chi connectivity index (χ1v) is 7.12. The first-order chi connectivity index (χ1) is 10.1. The van der Waals surface area contributed by atoms with Crippen LogP contribution in [0.15, 0.2) is 36.4 Å².